The first-order chi connectivity index (χ1) is 19.0. The first kappa shape index (κ1) is 35.6. The van der Waals surface area contributed by atoms with Crippen molar-refractivity contribution < 1.29 is 10.2 Å². The molecule has 0 radical (unpaired) electrons. The highest BCUT2D eigenvalue weighted by Crippen LogP contribution is 2.51. The minimum atomic E-state index is -0.0766. The average Bonchev–Trinajstić information content (AvgIpc) is 2.82. The third-order valence-corrected chi connectivity index (χ3v) is 11.8. The molecule has 0 heterocycles. The Labute approximate surface area is 261 Å². The molecular weight excluding hydrogens is 512 g/mol. The first-order valence-corrected chi connectivity index (χ1v) is 17.5. The van der Waals surface area contributed by atoms with E-state index >= 15 is 0 Å². The molecule has 1 aromatic carbocycles. The lowest BCUT2D eigenvalue weighted by molar-refractivity contribution is 0.0359. The molecule has 2 nitrogen and oxygen atoms in total. The highest BCUT2D eigenvalue weighted by Gasteiger charge is 2.41. The van der Waals surface area contributed by atoms with E-state index in [0.29, 0.717) is 10.8 Å². The summed E-state index contributed by atoms with van der Waals surface area (Å²) in [5.41, 5.74) is 4.22. The van der Waals surface area contributed by atoms with Crippen LogP contribution in [0.3, 0.4) is 0 Å². The summed E-state index contributed by atoms with van der Waals surface area (Å²) in [7, 11) is 0. The first-order valence-electron chi connectivity index (χ1n) is 17.5. The zero-order chi connectivity index (χ0) is 31.8. The fraction of sp³-hybridized carbons (Fsp3) is 0.850. The molecule has 242 valence electrons. The van der Waals surface area contributed by atoms with Gasteiger partial charge in [0.25, 0.3) is 0 Å². The molecule has 1 aromatic rings. The van der Waals surface area contributed by atoms with Gasteiger partial charge >= 0.3 is 0 Å². The fourth-order valence-corrected chi connectivity index (χ4v) is 10.6. The van der Waals surface area contributed by atoms with E-state index in [1.54, 1.807) is 0 Å². The molecule has 2 fully saturated rings. The van der Waals surface area contributed by atoms with Crippen molar-refractivity contribution in [2.45, 2.75) is 183 Å². The SMILES string of the molecule is CC(C)(CC(C)(C)c1ccc(C(C)(C)CC(C)(C)CC(C)(C)C2CCC(O)CC2)cc1)CC(C)(C)C1CCC(O)CC1. The summed E-state index contributed by atoms with van der Waals surface area (Å²) in [6, 6.07) is 9.69. The number of aliphatic hydroxyl groups excluding tert-OH is 2. The highest BCUT2D eigenvalue weighted by molar-refractivity contribution is 5.32. The summed E-state index contributed by atoms with van der Waals surface area (Å²) in [5, 5.41) is 20.0. The average molecular weight is 583 g/mol. The van der Waals surface area contributed by atoms with Crippen LogP contribution in [0.2, 0.25) is 0 Å². The summed E-state index contributed by atoms with van der Waals surface area (Å²) >= 11 is 0. The third-order valence-electron chi connectivity index (χ3n) is 11.8. The van der Waals surface area contributed by atoms with Crippen molar-refractivity contribution in [1.29, 1.82) is 0 Å². The monoisotopic (exact) mass is 583 g/mol. The van der Waals surface area contributed by atoms with E-state index in [2.05, 4.69) is 107 Å². The van der Waals surface area contributed by atoms with Gasteiger partial charge in [0.15, 0.2) is 0 Å². The van der Waals surface area contributed by atoms with Crippen molar-refractivity contribution in [3.8, 4) is 0 Å². The van der Waals surface area contributed by atoms with Crippen LogP contribution in [0.1, 0.15) is 171 Å². The minimum absolute atomic E-state index is 0.0766. The lowest BCUT2D eigenvalue weighted by atomic mass is 9.60. The standard InChI is InChI=1S/C40H70O2/c1-35(2,27-39(9,10)31-17-21-33(41)22-18-31)25-37(5,6)29-13-15-30(16-14-29)38(7,8)26-36(3,4)28-40(11,12)32-19-23-34(42)24-20-32/h13-16,31-34,41-42H,17-28H2,1-12H3. The Balaban J connectivity index is 1.64. The van der Waals surface area contributed by atoms with Gasteiger partial charge in [-0.1, -0.05) is 107 Å². The van der Waals surface area contributed by atoms with Gasteiger partial charge in [0.1, 0.15) is 0 Å². The van der Waals surface area contributed by atoms with Crippen LogP contribution < -0.4 is 0 Å². The van der Waals surface area contributed by atoms with E-state index in [-0.39, 0.29) is 33.9 Å². The Morgan fingerprint density at radius 3 is 0.976 bits per heavy atom. The molecule has 2 N–H and O–H groups in total. The van der Waals surface area contributed by atoms with Gasteiger partial charge in [-0.2, -0.15) is 0 Å². The second kappa shape index (κ2) is 12.9. The predicted molar refractivity (Wildman–Crippen MR) is 182 cm³/mol. The topological polar surface area (TPSA) is 40.5 Å². The summed E-state index contributed by atoms with van der Waals surface area (Å²) in [5.74, 6) is 1.44. The van der Waals surface area contributed by atoms with Gasteiger partial charge in [-0.3, -0.25) is 0 Å². The predicted octanol–water partition coefficient (Wildman–Crippen LogP) is 11.0. The molecule has 0 aliphatic heterocycles. The van der Waals surface area contributed by atoms with E-state index < -0.39 is 0 Å². The lowest BCUT2D eigenvalue weighted by Crippen LogP contribution is -2.36. The largest absolute Gasteiger partial charge is 0.393 e. The molecule has 2 saturated carbocycles. The minimum Gasteiger partial charge on any atom is -0.393 e. The Kier molecular flexibility index (Phi) is 10.9. The number of benzene rings is 1. The Bertz CT molecular complexity index is 896. The van der Waals surface area contributed by atoms with E-state index in [9.17, 15) is 10.2 Å². The zero-order valence-corrected chi connectivity index (χ0v) is 30.0. The number of aliphatic hydroxyl groups is 2. The maximum absolute atomic E-state index is 10.0. The van der Waals surface area contributed by atoms with Crippen LogP contribution in [0.15, 0.2) is 24.3 Å². The van der Waals surface area contributed by atoms with Crippen molar-refractivity contribution in [2.75, 3.05) is 0 Å². The molecule has 2 aliphatic carbocycles. The molecule has 3 rings (SSSR count). The molecule has 2 aliphatic rings. The Hall–Kier alpha value is -0.860. The Morgan fingerprint density at radius 2 is 0.714 bits per heavy atom. The van der Waals surface area contributed by atoms with E-state index in [1.165, 1.54) is 62.5 Å². The van der Waals surface area contributed by atoms with Crippen LogP contribution in [0.5, 0.6) is 0 Å². The van der Waals surface area contributed by atoms with E-state index in [4.69, 9.17) is 0 Å². The van der Waals surface area contributed by atoms with Gasteiger partial charge in [0.2, 0.25) is 0 Å². The van der Waals surface area contributed by atoms with Crippen LogP contribution in [-0.2, 0) is 10.8 Å². The molecular formula is C40H70O2. The zero-order valence-electron chi connectivity index (χ0n) is 30.0. The summed E-state index contributed by atoms with van der Waals surface area (Å²) in [6.07, 6.45) is 13.2. The molecule has 0 unspecified atom stereocenters. The van der Waals surface area contributed by atoms with Crippen LogP contribution in [0.4, 0.5) is 0 Å². The van der Waals surface area contributed by atoms with Gasteiger partial charge in [-0.15, -0.1) is 0 Å². The number of hydrogen-bond donors (Lipinski definition) is 2. The molecule has 0 atom stereocenters. The van der Waals surface area contributed by atoms with E-state index in [1.807, 2.05) is 0 Å². The van der Waals surface area contributed by atoms with Crippen LogP contribution in [-0.4, -0.2) is 22.4 Å². The lowest BCUT2D eigenvalue weighted by Gasteiger charge is -2.45. The highest BCUT2D eigenvalue weighted by atomic mass is 16.3. The smallest absolute Gasteiger partial charge is 0.0540 e. The molecule has 0 bridgehead atoms. The van der Waals surface area contributed by atoms with Crippen molar-refractivity contribution in [3.05, 3.63) is 35.4 Å². The van der Waals surface area contributed by atoms with Crippen molar-refractivity contribution in [1.82, 2.24) is 0 Å². The third kappa shape index (κ3) is 9.57. The van der Waals surface area contributed by atoms with Crippen molar-refractivity contribution in [3.63, 3.8) is 0 Å². The summed E-state index contributed by atoms with van der Waals surface area (Å²) in [4.78, 5) is 0. The van der Waals surface area contributed by atoms with E-state index in [0.717, 1.165) is 37.5 Å². The molecule has 0 saturated heterocycles. The molecule has 0 aromatic heterocycles. The van der Waals surface area contributed by atoms with Gasteiger partial charge < -0.3 is 10.2 Å². The summed E-state index contributed by atoms with van der Waals surface area (Å²) in [6.45, 7) is 29.6. The second-order valence-electron chi connectivity index (χ2n) is 19.4. The van der Waals surface area contributed by atoms with Crippen molar-refractivity contribution >= 4 is 0 Å². The number of hydrogen-bond acceptors (Lipinski definition) is 2. The van der Waals surface area contributed by atoms with Gasteiger partial charge in [-0.05, 0) is 133 Å². The fourth-order valence-electron chi connectivity index (χ4n) is 10.6. The van der Waals surface area contributed by atoms with Gasteiger partial charge in [-0.25, -0.2) is 0 Å². The normalized spacial score (nSPS) is 25.5. The molecule has 42 heavy (non-hydrogen) atoms. The van der Waals surface area contributed by atoms with Crippen LogP contribution in [0, 0.1) is 33.5 Å². The molecule has 2 heteroatoms. The van der Waals surface area contributed by atoms with Crippen LogP contribution >= 0.6 is 0 Å². The molecule has 0 amide bonds. The van der Waals surface area contributed by atoms with Crippen molar-refractivity contribution in [2.24, 2.45) is 33.5 Å². The Morgan fingerprint density at radius 1 is 0.452 bits per heavy atom. The van der Waals surface area contributed by atoms with Crippen LogP contribution in [0.25, 0.3) is 0 Å². The maximum atomic E-state index is 10.0. The molecule has 0 spiro atoms. The van der Waals surface area contributed by atoms with Gasteiger partial charge in [0, 0.05) is 0 Å². The quantitative estimate of drug-likeness (QED) is 0.257. The second-order valence-corrected chi connectivity index (χ2v) is 19.4. The summed E-state index contributed by atoms with van der Waals surface area (Å²) < 4.78 is 0. The van der Waals surface area contributed by atoms with Gasteiger partial charge in [0.05, 0.1) is 12.2 Å². The number of rotatable bonds is 12. The maximum Gasteiger partial charge on any atom is 0.0540 e.